The second-order valence-electron chi connectivity index (χ2n) is 14.3. The first kappa shape index (κ1) is 32.4. The molecule has 2 atom stereocenters. The lowest BCUT2D eigenvalue weighted by atomic mass is 9.63. The fourth-order valence-electron chi connectivity index (χ4n) is 8.98. The lowest BCUT2D eigenvalue weighted by Crippen LogP contribution is -2.31. The van der Waals surface area contributed by atoms with Gasteiger partial charge in [-0.1, -0.05) is 188 Å². The van der Waals surface area contributed by atoms with E-state index in [1.54, 1.807) is 0 Å². The molecule has 2 aliphatic carbocycles. The van der Waals surface area contributed by atoms with E-state index >= 15 is 4.57 Å². The van der Waals surface area contributed by atoms with E-state index in [4.69, 9.17) is 4.42 Å². The summed E-state index contributed by atoms with van der Waals surface area (Å²) in [5.74, 6) is 0.884. The van der Waals surface area contributed by atoms with Crippen molar-refractivity contribution < 1.29 is 8.98 Å². The van der Waals surface area contributed by atoms with Gasteiger partial charge in [0.25, 0.3) is 0 Å². The molecule has 2 aliphatic rings. The predicted octanol–water partition coefficient (Wildman–Crippen LogP) is 12.3. The molecule has 54 heavy (non-hydrogen) atoms. The molecule has 0 spiro atoms. The van der Waals surface area contributed by atoms with Crippen molar-refractivity contribution in [3.05, 3.63) is 229 Å². The first-order valence-electron chi connectivity index (χ1n) is 18.6. The first-order chi connectivity index (χ1) is 26.7. The normalized spacial score (nSPS) is 16.5. The Morgan fingerprint density at radius 1 is 0.537 bits per heavy atom. The van der Waals surface area contributed by atoms with Crippen LogP contribution in [0.2, 0.25) is 0 Å². The summed E-state index contributed by atoms with van der Waals surface area (Å²) in [6, 6.07) is 64.3. The summed E-state index contributed by atoms with van der Waals surface area (Å²) in [4.78, 5) is 0. The molecule has 0 N–H and O–H groups in total. The Labute approximate surface area is 316 Å². The van der Waals surface area contributed by atoms with E-state index in [-0.39, 0.29) is 5.66 Å². The number of benzene rings is 7. The highest BCUT2D eigenvalue weighted by molar-refractivity contribution is 7.79. The number of furan rings is 1. The third-order valence-corrected chi connectivity index (χ3v) is 14.8. The maximum atomic E-state index is 15.6. The third-order valence-electron chi connectivity index (χ3n) is 11.4. The third kappa shape index (κ3) is 4.91. The zero-order valence-electron chi connectivity index (χ0n) is 29.7. The Bertz CT molecular complexity index is 2740. The van der Waals surface area contributed by atoms with Gasteiger partial charge in [-0.3, -0.25) is 0 Å². The highest BCUT2D eigenvalue weighted by Gasteiger charge is 2.45. The summed E-state index contributed by atoms with van der Waals surface area (Å²) in [6.45, 7) is 0. The van der Waals surface area contributed by atoms with E-state index in [9.17, 15) is 0 Å². The van der Waals surface area contributed by atoms with Crippen LogP contribution in [0.1, 0.15) is 28.7 Å². The van der Waals surface area contributed by atoms with E-state index in [1.165, 1.54) is 16.7 Å². The summed E-state index contributed by atoms with van der Waals surface area (Å²) in [5, 5.41) is 2.85. The van der Waals surface area contributed by atoms with Crippen molar-refractivity contribution in [2.45, 2.75) is 17.5 Å². The van der Waals surface area contributed by atoms with Crippen LogP contribution in [0.3, 0.4) is 0 Å². The molecule has 0 bridgehead atoms. The number of rotatable bonds is 6. The monoisotopic (exact) mass is 712 g/mol. The Morgan fingerprint density at radius 2 is 1.19 bits per heavy atom. The minimum Gasteiger partial charge on any atom is -0.455 e. The van der Waals surface area contributed by atoms with Gasteiger partial charge in [0.1, 0.15) is 18.5 Å². The average Bonchev–Trinajstić information content (AvgIpc) is 3.60. The van der Waals surface area contributed by atoms with Gasteiger partial charge in [0.2, 0.25) is 0 Å². The van der Waals surface area contributed by atoms with Crippen LogP contribution in [-0.2, 0) is 9.98 Å². The molecule has 0 saturated carbocycles. The van der Waals surface area contributed by atoms with E-state index in [0.29, 0.717) is 0 Å². The number of hydrogen-bond donors (Lipinski definition) is 0. The van der Waals surface area contributed by atoms with E-state index in [0.717, 1.165) is 67.1 Å². The van der Waals surface area contributed by atoms with Gasteiger partial charge in [0.15, 0.2) is 0 Å². The molecule has 2 nitrogen and oxygen atoms in total. The summed E-state index contributed by atoms with van der Waals surface area (Å²) in [6.07, 6.45) is 9.09. The van der Waals surface area contributed by atoms with Crippen LogP contribution in [0.5, 0.6) is 0 Å². The van der Waals surface area contributed by atoms with Crippen LogP contribution >= 0.6 is 7.14 Å². The van der Waals surface area contributed by atoms with Gasteiger partial charge in [-0.15, -0.1) is 0 Å². The molecule has 0 saturated heterocycles. The maximum Gasteiger partial charge on any atom is 0.150 e. The molecule has 10 rings (SSSR count). The van der Waals surface area contributed by atoms with Crippen LogP contribution in [0.25, 0.3) is 44.5 Å². The van der Waals surface area contributed by atoms with Gasteiger partial charge in [-0.25, -0.2) is 0 Å². The predicted molar refractivity (Wildman–Crippen MR) is 224 cm³/mol. The standard InChI is InChI=1S/C51H37O2P/c52-54(40-23-9-3-10-24-40,41-25-11-4-12-26-41)42-27-17-18-36(34-42)37-32-33-43-47(35-37)51(38-19-5-1-6-20-38,39-21-7-2-8-22-39)46-30-15-13-28-44(46)50-49(43)45-29-14-16-31-48(45)53-50/h1-25,27-35,41H,26H2. The average molecular weight is 713 g/mol. The van der Waals surface area contributed by atoms with Gasteiger partial charge < -0.3 is 8.98 Å². The lowest BCUT2D eigenvalue weighted by Gasteiger charge is -2.38. The smallest absolute Gasteiger partial charge is 0.150 e. The van der Waals surface area contributed by atoms with E-state index < -0.39 is 12.6 Å². The Morgan fingerprint density at radius 3 is 1.93 bits per heavy atom. The zero-order chi connectivity index (χ0) is 36.1. The molecule has 258 valence electrons. The van der Waals surface area contributed by atoms with E-state index in [2.05, 4.69) is 164 Å². The van der Waals surface area contributed by atoms with Gasteiger partial charge in [0.05, 0.1) is 5.41 Å². The van der Waals surface area contributed by atoms with Crippen LogP contribution < -0.4 is 10.6 Å². The molecule has 7 aromatic carbocycles. The number of hydrogen-bond acceptors (Lipinski definition) is 2. The first-order valence-corrected chi connectivity index (χ1v) is 20.4. The lowest BCUT2D eigenvalue weighted by molar-refractivity contribution is 0.582. The zero-order valence-corrected chi connectivity index (χ0v) is 30.6. The molecule has 0 amide bonds. The quantitative estimate of drug-likeness (QED) is 0.161. The Balaban J connectivity index is 1.28. The second kappa shape index (κ2) is 13.0. The van der Waals surface area contributed by atoms with Crippen molar-refractivity contribution in [3.8, 4) is 33.6 Å². The van der Waals surface area contributed by atoms with Gasteiger partial charge in [0, 0.05) is 32.8 Å². The summed E-state index contributed by atoms with van der Waals surface area (Å²) in [7, 11) is -3.05. The van der Waals surface area contributed by atoms with Crippen molar-refractivity contribution in [2.24, 2.45) is 0 Å². The molecule has 0 aliphatic heterocycles. The van der Waals surface area contributed by atoms with Crippen molar-refractivity contribution in [2.75, 3.05) is 0 Å². The molecule has 0 fully saturated rings. The topological polar surface area (TPSA) is 30.2 Å². The maximum absolute atomic E-state index is 15.6. The van der Waals surface area contributed by atoms with Crippen LogP contribution in [-0.4, -0.2) is 5.66 Å². The number of fused-ring (bicyclic) bond motifs is 7. The van der Waals surface area contributed by atoms with Crippen molar-refractivity contribution in [1.29, 1.82) is 0 Å². The summed E-state index contributed by atoms with van der Waals surface area (Å²) >= 11 is 0. The molecule has 1 aromatic heterocycles. The largest absolute Gasteiger partial charge is 0.455 e. The Kier molecular flexibility index (Phi) is 7.82. The van der Waals surface area contributed by atoms with Crippen molar-refractivity contribution in [3.63, 3.8) is 0 Å². The molecule has 0 radical (unpaired) electrons. The van der Waals surface area contributed by atoms with Crippen LogP contribution in [0.4, 0.5) is 0 Å². The van der Waals surface area contributed by atoms with Crippen LogP contribution in [0, 0.1) is 0 Å². The van der Waals surface area contributed by atoms with Crippen molar-refractivity contribution in [1.82, 2.24) is 0 Å². The van der Waals surface area contributed by atoms with Gasteiger partial charge in [-0.05, 0) is 63.6 Å². The summed E-state index contributed by atoms with van der Waals surface area (Å²) < 4.78 is 22.4. The molecule has 2 unspecified atom stereocenters. The number of para-hydroxylation sites is 1. The number of allylic oxidation sites excluding steroid dienone is 4. The highest BCUT2D eigenvalue weighted by Crippen LogP contribution is 2.58. The van der Waals surface area contributed by atoms with Gasteiger partial charge >= 0.3 is 0 Å². The second-order valence-corrected chi connectivity index (χ2v) is 17.3. The van der Waals surface area contributed by atoms with Gasteiger partial charge in [-0.2, -0.15) is 0 Å². The molecular formula is C51H37O2P. The molecular weight excluding hydrogens is 676 g/mol. The fraction of sp³-hybridized carbons (Fsp3) is 0.0588. The molecule has 3 heteroatoms. The van der Waals surface area contributed by atoms with Crippen LogP contribution in [0.15, 0.2) is 211 Å². The molecule has 8 aromatic rings. The van der Waals surface area contributed by atoms with Crippen molar-refractivity contribution >= 4 is 28.7 Å². The Hall–Kier alpha value is -6.21. The minimum absolute atomic E-state index is 0.111. The summed E-state index contributed by atoms with van der Waals surface area (Å²) in [5.41, 5.74) is 10.2. The fourth-order valence-corrected chi connectivity index (χ4v) is 12.1. The van der Waals surface area contributed by atoms with E-state index in [1.807, 2.05) is 42.5 Å². The highest BCUT2D eigenvalue weighted by atomic mass is 31.2. The minimum atomic E-state index is -3.05. The molecule has 1 heterocycles. The SMILES string of the molecule is O=P(c1ccccc1)(c1cccc(-c2ccc3c(c2)C(c2ccccc2)(c2ccccc2)c2ccccc2-c2oc4ccccc4c2-3)c1)C1C=CC=CC1.